The predicted molar refractivity (Wildman–Crippen MR) is 59.6 cm³/mol. The second-order valence-corrected chi connectivity index (χ2v) is 5.63. The summed E-state index contributed by atoms with van der Waals surface area (Å²) >= 11 is 1.86. The van der Waals surface area contributed by atoms with Crippen molar-refractivity contribution in [2.24, 2.45) is 0 Å². The average molecular weight is 257 g/mol. The summed E-state index contributed by atoms with van der Waals surface area (Å²) < 4.78 is 36.1. The van der Waals surface area contributed by atoms with Crippen molar-refractivity contribution < 1.29 is 18.3 Å². The monoisotopic (exact) mass is 257 g/mol. The zero-order valence-electron chi connectivity index (χ0n) is 9.26. The Morgan fingerprint density at radius 2 is 2.12 bits per heavy atom. The van der Waals surface area contributed by atoms with Crippen LogP contribution in [0.3, 0.4) is 0 Å². The van der Waals surface area contributed by atoms with Crippen molar-refractivity contribution >= 4 is 11.8 Å². The Hall–Kier alpha value is 0.0600. The van der Waals surface area contributed by atoms with E-state index in [1.165, 1.54) is 0 Å². The fourth-order valence-corrected chi connectivity index (χ4v) is 3.05. The van der Waals surface area contributed by atoms with Gasteiger partial charge in [0.2, 0.25) is 0 Å². The fourth-order valence-electron chi connectivity index (χ4n) is 1.91. The Morgan fingerprint density at radius 1 is 1.44 bits per heavy atom. The molecule has 0 spiro atoms. The molecule has 0 aromatic heterocycles. The molecular weight excluding hydrogens is 239 g/mol. The molecule has 1 rings (SSSR count). The Balaban J connectivity index is 2.20. The topological polar surface area (TPSA) is 32.3 Å². The van der Waals surface area contributed by atoms with Gasteiger partial charge in [0.25, 0.3) is 0 Å². The van der Waals surface area contributed by atoms with Crippen molar-refractivity contribution in [2.45, 2.75) is 49.8 Å². The minimum absolute atomic E-state index is 0.126. The third-order valence-corrected chi connectivity index (χ3v) is 4.00. The number of nitrogens with one attached hydrogen (secondary N) is 1. The Kier molecular flexibility index (Phi) is 5.40. The molecule has 3 unspecified atom stereocenters. The van der Waals surface area contributed by atoms with Crippen LogP contribution in [0.2, 0.25) is 0 Å². The summed E-state index contributed by atoms with van der Waals surface area (Å²) in [5.74, 6) is 1.04. The van der Waals surface area contributed by atoms with E-state index < -0.39 is 18.8 Å². The van der Waals surface area contributed by atoms with Crippen molar-refractivity contribution in [1.29, 1.82) is 0 Å². The van der Waals surface area contributed by atoms with Crippen LogP contribution in [-0.2, 0) is 0 Å². The second-order valence-electron chi connectivity index (χ2n) is 4.05. The molecule has 0 aliphatic heterocycles. The summed E-state index contributed by atoms with van der Waals surface area (Å²) in [5.41, 5.74) is 0. The van der Waals surface area contributed by atoms with Gasteiger partial charge in [0.1, 0.15) is 0 Å². The standard InChI is InChI=1S/C10H18F3NOS/c1-2-16-8-4-3-7(5-8)14-6-9(15)10(11,12)13/h7-9,14-15H,2-6H2,1H3. The molecule has 96 valence electrons. The Morgan fingerprint density at radius 3 is 2.69 bits per heavy atom. The van der Waals surface area contributed by atoms with Gasteiger partial charge in [0, 0.05) is 17.8 Å². The zero-order chi connectivity index (χ0) is 12.2. The van der Waals surface area contributed by atoms with E-state index in [2.05, 4.69) is 12.2 Å². The summed E-state index contributed by atoms with van der Waals surface area (Å²) in [7, 11) is 0. The lowest BCUT2D eigenvalue weighted by atomic mass is 10.2. The van der Waals surface area contributed by atoms with E-state index in [1.807, 2.05) is 11.8 Å². The highest BCUT2D eigenvalue weighted by Gasteiger charge is 2.38. The van der Waals surface area contributed by atoms with Gasteiger partial charge in [0.05, 0.1) is 0 Å². The van der Waals surface area contributed by atoms with Crippen molar-refractivity contribution in [1.82, 2.24) is 5.32 Å². The molecule has 1 aliphatic rings. The Bertz CT molecular complexity index is 213. The minimum Gasteiger partial charge on any atom is -0.382 e. The van der Waals surface area contributed by atoms with Crippen LogP contribution in [0.1, 0.15) is 26.2 Å². The number of aliphatic hydroxyl groups excluding tert-OH is 1. The number of halogens is 3. The number of rotatable bonds is 5. The minimum atomic E-state index is -4.51. The molecule has 1 aliphatic carbocycles. The molecule has 2 nitrogen and oxygen atoms in total. The van der Waals surface area contributed by atoms with Crippen molar-refractivity contribution in [3.63, 3.8) is 0 Å². The van der Waals surface area contributed by atoms with Gasteiger partial charge >= 0.3 is 6.18 Å². The van der Waals surface area contributed by atoms with E-state index >= 15 is 0 Å². The Labute approximate surface area is 98.0 Å². The largest absolute Gasteiger partial charge is 0.415 e. The van der Waals surface area contributed by atoms with Gasteiger partial charge in [0.15, 0.2) is 6.10 Å². The molecule has 1 fully saturated rings. The van der Waals surface area contributed by atoms with Crippen LogP contribution < -0.4 is 5.32 Å². The first-order valence-corrected chi connectivity index (χ1v) is 6.58. The lowest BCUT2D eigenvalue weighted by Crippen LogP contribution is -2.41. The van der Waals surface area contributed by atoms with E-state index in [-0.39, 0.29) is 6.04 Å². The quantitative estimate of drug-likeness (QED) is 0.791. The first kappa shape index (κ1) is 14.1. The van der Waals surface area contributed by atoms with Crippen molar-refractivity contribution in [3.8, 4) is 0 Å². The van der Waals surface area contributed by atoms with E-state index in [4.69, 9.17) is 5.11 Å². The van der Waals surface area contributed by atoms with E-state index in [0.717, 1.165) is 25.0 Å². The van der Waals surface area contributed by atoms with Crippen LogP contribution in [0.4, 0.5) is 13.2 Å². The molecular formula is C10H18F3NOS. The molecule has 3 atom stereocenters. The molecule has 6 heteroatoms. The highest BCUT2D eigenvalue weighted by Crippen LogP contribution is 2.30. The number of hydrogen-bond acceptors (Lipinski definition) is 3. The van der Waals surface area contributed by atoms with Crippen LogP contribution in [0.25, 0.3) is 0 Å². The molecule has 0 bridgehead atoms. The summed E-state index contributed by atoms with van der Waals surface area (Å²) in [6.07, 6.45) is -3.89. The van der Waals surface area contributed by atoms with Gasteiger partial charge in [-0.1, -0.05) is 6.92 Å². The maximum Gasteiger partial charge on any atom is 0.415 e. The lowest BCUT2D eigenvalue weighted by molar-refractivity contribution is -0.202. The lowest BCUT2D eigenvalue weighted by Gasteiger charge is -2.18. The summed E-state index contributed by atoms with van der Waals surface area (Å²) in [6, 6.07) is 0.126. The molecule has 0 radical (unpaired) electrons. The van der Waals surface area contributed by atoms with E-state index in [9.17, 15) is 13.2 Å². The highest BCUT2D eigenvalue weighted by molar-refractivity contribution is 7.99. The van der Waals surface area contributed by atoms with Crippen LogP contribution >= 0.6 is 11.8 Å². The van der Waals surface area contributed by atoms with Crippen molar-refractivity contribution in [3.05, 3.63) is 0 Å². The summed E-state index contributed by atoms with van der Waals surface area (Å²) in [4.78, 5) is 0. The normalized spacial score (nSPS) is 28.3. The van der Waals surface area contributed by atoms with Crippen LogP contribution in [0.15, 0.2) is 0 Å². The van der Waals surface area contributed by atoms with Crippen LogP contribution in [-0.4, -0.2) is 41.0 Å². The first-order valence-electron chi connectivity index (χ1n) is 5.53. The van der Waals surface area contributed by atoms with Gasteiger partial charge in [-0.25, -0.2) is 0 Å². The van der Waals surface area contributed by atoms with Crippen LogP contribution in [0, 0.1) is 0 Å². The van der Waals surface area contributed by atoms with Gasteiger partial charge < -0.3 is 10.4 Å². The molecule has 0 heterocycles. The third kappa shape index (κ3) is 4.51. The molecule has 0 saturated heterocycles. The van der Waals surface area contributed by atoms with Crippen molar-refractivity contribution in [2.75, 3.05) is 12.3 Å². The SMILES string of the molecule is CCSC1CCC(NCC(O)C(F)(F)F)C1. The van der Waals surface area contributed by atoms with Gasteiger partial charge in [-0.3, -0.25) is 0 Å². The third-order valence-electron chi connectivity index (χ3n) is 2.76. The number of alkyl halides is 3. The zero-order valence-corrected chi connectivity index (χ0v) is 10.1. The maximum absolute atomic E-state index is 12.0. The summed E-state index contributed by atoms with van der Waals surface area (Å²) in [5, 5.41) is 12.2. The average Bonchev–Trinajstić information content (AvgIpc) is 2.61. The second kappa shape index (κ2) is 6.12. The van der Waals surface area contributed by atoms with Gasteiger partial charge in [-0.2, -0.15) is 24.9 Å². The number of thioether (sulfide) groups is 1. The van der Waals surface area contributed by atoms with E-state index in [1.54, 1.807) is 0 Å². The first-order chi connectivity index (χ1) is 7.43. The maximum atomic E-state index is 12.0. The highest BCUT2D eigenvalue weighted by atomic mass is 32.2. The van der Waals surface area contributed by atoms with Gasteiger partial charge in [-0.15, -0.1) is 0 Å². The smallest absolute Gasteiger partial charge is 0.382 e. The van der Waals surface area contributed by atoms with E-state index in [0.29, 0.717) is 5.25 Å². The molecule has 0 aromatic rings. The summed E-state index contributed by atoms with van der Waals surface area (Å²) in [6.45, 7) is 1.69. The fraction of sp³-hybridized carbons (Fsp3) is 1.00. The number of hydrogen-bond donors (Lipinski definition) is 2. The van der Waals surface area contributed by atoms with Gasteiger partial charge in [-0.05, 0) is 25.0 Å². The van der Waals surface area contributed by atoms with Crippen LogP contribution in [0.5, 0.6) is 0 Å². The molecule has 2 N–H and O–H groups in total. The predicted octanol–water partition coefficient (Wildman–Crippen LogP) is 2.17. The molecule has 1 saturated carbocycles. The molecule has 16 heavy (non-hydrogen) atoms. The number of aliphatic hydroxyl groups is 1. The molecule has 0 amide bonds. The molecule has 0 aromatic carbocycles.